The summed E-state index contributed by atoms with van der Waals surface area (Å²) in [5, 5.41) is 17.6. The van der Waals surface area contributed by atoms with Crippen molar-refractivity contribution in [2.45, 2.75) is 32.0 Å². The molecule has 0 radical (unpaired) electrons. The summed E-state index contributed by atoms with van der Waals surface area (Å²) in [6, 6.07) is 5.44. The Morgan fingerprint density at radius 3 is 2.83 bits per heavy atom. The highest BCUT2D eigenvalue weighted by Crippen LogP contribution is 2.61. The van der Waals surface area contributed by atoms with Gasteiger partial charge in [-0.1, -0.05) is 12.2 Å². The van der Waals surface area contributed by atoms with Crippen LogP contribution in [0.1, 0.15) is 24.6 Å². The summed E-state index contributed by atoms with van der Waals surface area (Å²) in [7, 11) is -3.48. The standard InChI is InChI=1S/C8H9FO5P.C8H10N2O3S/c9-7-1-2-8-6(3-7)4-12-15(11,14-8)13-5-10;11-7-2-1-6(13-7)10-4-3-5(14)9-8(10)12/h1-3,10-11H,4-5H2;3-4,6-7,11H,1-2H2,(H,9,12,14)/q+1;/t;6?,7-/m.0/s1. The first-order valence-corrected chi connectivity index (χ1v) is 10.3. The van der Waals surface area contributed by atoms with Gasteiger partial charge < -0.3 is 14.9 Å². The van der Waals surface area contributed by atoms with E-state index in [1.165, 1.54) is 22.8 Å². The first-order chi connectivity index (χ1) is 13.8. The molecule has 158 valence electrons. The number of hydrogen-bond donors (Lipinski definition) is 4. The fourth-order valence-corrected chi connectivity index (χ4v) is 3.85. The van der Waals surface area contributed by atoms with E-state index >= 15 is 0 Å². The minimum absolute atomic E-state index is 0.0165. The Bertz CT molecular complexity index is 972. The lowest BCUT2D eigenvalue weighted by Crippen LogP contribution is -2.26. The molecule has 1 aromatic heterocycles. The van der Waals surface area contributed by atoms with Crippen molar-refractivity contribution in [3.63, 3.8) is 0 Å². The van der Waals surface area contributed by atoms with Gasteiger partial charge in [-0.3, -0.25) is 14.1 Å². The van der Waals surface area contributed by atoms with Gasteiger partial charge in [-0.15, -0.1) is 9.05 Å². The van der Waals surface area contributed by atoms with Crippen molar-refractivity contribution in [1.82, 2.24) is 9.55 Å². The molecule has 0 aliphatic carbocycles. The lowest BCUT2D eigenvalue weighted by Gasteiger charge is -2.20. The Labute approximate surface area is 169 Å². The lowest BCUT2D eigenvalue weighted by atomic mass is 10.2. The zero-order valence-corrected chi connectivity index (χ0v) is 16.6. The van der Waals surface area contributed by atoms with E-state index in [2.05, 4.69) is 9.51 Å². The molecule has 10 nitrogen and oxygen atoms in total. The first-order valence-electron chi connectivity index (χ1n) is 8.44. The molecule has 29 heavy (non-hydrogen) atoms. The van der Waals surface area contributed by atoms with Crippen LogP contribution in [-0.2, 0) is 20.4 Å². The summed E-state index contributed by atoms with van der Waals surface area (Å²) in [5.74, 6) is -0.111. The minimum atomic E-state index is -3.48. The molecule has 4 rings (SSSR count). The van der Waals surface area contributed by atoms with Gasteiger partial charge in [0.1, 0.15) is 23.3 Å². The van der Waals surface area contributed by atoms with Crippen LogP contribution in [0.2, 0.25) is 0 Å². The van der Waals surface area contributed by atoms with Crippen LogP contribution >= 0.6 is 20.4 Å². The number of rotatable bonds is 3. The maximum Gasteiger partial charge on any atom is 0.621 e. The summed E-state index contributed by atoms with van der Waals surface area (Å²) in [6.07, 6.45) is 1.60. The van der Waals surface area contributed by atoms with Crippen LogP contribution in [0.5, 0.6) is 5.75 Å². The number of nitrogens with zero attached hydrogens (tertiary/aromatic N) is 1. The smallest absolute Gasteiger partial charge is 0.368 e. The van der Waals surface area contributed by atoms with Crippen LogP contribution < -0.4 is 10.2 Å². The Kier molecular flexibility index (Phi) is 7.09. The number of aliphatic hydroxyl groups excluding tert-OH is 2. The number of aromatic amines is 1. The van der Waals surface area contributed by atoms with Crippen LogP contribution in [0.4, 0.5) is 4.39 Å². The highest BCUT2D eigenvalue weighted by atomic mass is 32.1. The van der Waals surface area contributed by atoms with E-state index in [-0.39, 0.29) is 18.5 Å². The van der Waals surface area contributed by atoms with E-state index in [0.29, 0.717) is 28.8 Å². The average Bonchev–Trinajstić information content (AvgIpc) is 3.09. The van der Waals surface area contributed by atoms with E-state index in [4.69, 9.17) is 36.2 Å². The summed E-state index contributed by atoms with van der Waals surface area (Å²) in [6.45, 7) is -0.724. The predicted molar refractivity (Wildman–Crippen MR) is 100 cm³/mol. The molecule has 13 heteroatoms. The van der Waals surface area contributed by atoms with Gasteiger partial charge in [0.2, 0.25) is 0 Å². The van der Waals surface area contributed by atoms with Gasteiger partial charge in [0, 0.05) is 18.2 Å². The zero-order chi connectivity index (χ0) is 21.0. The molecule has 0 bridgehead atoms. The quantitative estimate of drug-likeness (QED) is 0.315. The predicted octanol–water partition coefficient (Wildman–Crippen LogP) is 1.90. The molecule has 1 fully saturated rings. The van der Waals surface area contributed by atoms with Crippen LogP contribution in [-0.4, -0.2) is 37.7 Å². The van der Waals surface area contributed by atoms with E-state index < -0.39 is 27.1 Å². The summed E-state index contributed by atoms with van der Waals surface area (Å²) >= 11 is 4.80. The second kappa shape index (κ2) is 9.37. The number of hydrogen-bond acceptors (Lipinski definition) is 9. The molecule has 0 spiro atoms. The van der Waals surface area contributed by atoms with Gasteiger partial charge in [-0.2, -0.15) is 4.89 Å². The second-order valence-corrected chi connectivity index (χ2v) is 8.06. The van der Waals surface area contributed by atoms with Gasteiger partial charge >= 0.3 is 13.9 Å². The number of aliphatic hydroxyl groups is 2. The number of nitrogens with one attached hydrogen (secondary N) is 1. The van der Waals surface area contributed by atoms with Crippen LogP contribution in [0.25, 0.3) is 0 Å². The van der Waals surface area contributed by atoms with Crippen LogP contribution in [0.3, 0.4) is 0 Å². The molecule has 2 aliphatic heterocycles. The molecule has 0 amide bonds. The van der Waals surface area contributed by atoms with Crippen LogP contribution in [0.15, 0.2) is 35.3 Å². The van der Waals surface area contributed by atoms with E-state index in [9.17, 15) is 14.1 Å². The SMILES string of the molecule is O=c1[nH]c(=S)ccn1C1CC[C@@H](O)O1.OCO[P+]1(O)OCc2cc(F)ccc2O1. The molecule has 2 aromatic rings. The Balaban J connectivity index is 0.000000166. The van der Waals surface area contributed by atoms with Gasteiger partial charge in [0.25, 0.3) is 0 Å². The largest absolute Gasteiger partial charge is 0.621 e. The fraction of sp³-hybridized carbons (Fsp3) is 0.375. The Morgan fingerprint density at radius 2 is 2.17 bits per heavy atom. The van der Waals surface area contributed by atoms with Gasteiger partial charge in [-0.05, 0) is 30.7 Å². The van der Waals surface area contributed by atoms with Crippen molar-refractivity contribution in [3.8, 4) is 5.75 Å². The van der Waals surface area contributed by atoms with Gasteiger partial charge in [0.05, 0.1) is 0 Å². The molecule has 4 N–H and O–H groups in total. The van der Waals surface area contributed by atoms with Crippen molar-refractivity contribution in [3.05, 3.63) is 57.0 Å². The molecular formula is C16H19FN2O8PS+. The molecule has 3 heterocycles. The Hall–Kier alpha value is -1.76. The second-order valence-electron chi connectivity index (χ2n) is 5.98. The third-order valence-corrected chi connectivity index (χ3v) is 5.54. The number of aromatic nitrogens is 2. The lowest BCUT2D eigenvalue weighted by molar-refractivity contribution is -0.113. The van der Waals surface area contributed by atoms with E-state index in [0.717, 1.165) is 0 Å². The molecule has 3 atom stereocenters. The maximum atomic E-state index is 12.8. The van der Waals surface area contributed by atoms with Crippen molar-refractivity contribution >= 4 is 20.4 Å². The molecule has 2 aliphatic rings. The molecular weight excluding hydrogens is 430 g/mol. The monoisotopic (exact) mass is 449 g/mol. The van der Waals surface area contributed by atoms with Gasteiger partial charge in [-0.25, -0.2) is 9.18 Å². The number of ether oxygens (including phenoxy) is 1. The molecule has 1 saturated heterocycles. The zero-order valence-electron chi connectivity index (χ0n) is 14.9. The van der Waals surface area contributed by atoms with E-state index in [1.807, 2.05) is 0 Å². The van der Waals surface area contributed by atoms with Crippen molar-refractivity contribution in [2.24, 2.45) is 0 Å². The fourth-order valence-electron chi connectivity index (χ4n) is 2.65. The van der Waals surface area contributed by atoms with Crippen molar-refractivity contribution < 1.29 is 37.8 Å². The topological polar surface area (TPSA) is 135 Å². The van der Waals surface area contributed by atoms with E-state index in [1.54, 1.807) is 12.3 Å². The summed E-state index contributed by atoms with van der Waals surface area (Å²) in [5.41, 5.74) is 0.179. The van der Waals surface area contributed by atoms with Crippen molar-refractivity contribution in [1.29, 1.82) is 0 Å². The number of fused-ring (bicyclic) bond motifs is 1. The number of halogens is 1. The number of benzene rings is 1. The van der Waals surface area contributed by atoms with Gasteiger partial charge in [0.15, 0.2) is 18.8 Å². The third kappa shape index (κ3) is 5.65. The highest BCUT2D eigenvalue weighted by molar-refractivity contribution is 7.71. The van der Waals surface area contributed by atoms with Crippen molar-refractivity contribution in [2.75, 3.05) is 6.79 Å². The summed E-state index contributed by atoms with van der Waals surface area (Å²) < 4.78 is 34.2. The number of H-pyrrole nitrogens is 1. The third-order valence-electron chi connectivity index (χ3n) is 3.98. The first kappa shape index (κ1) is 21.9. The normalized spacial score (nSPS) is 25.5. The molecule has 2 unspecified atom stereocenters. The Morgan fingerprint density at radius 1 is 1.38 bits per heavy atom. The molecule has 1 aromatic carbocycles. The van der Waals surface area contributed by atoms with Crippen LogP contribution in [0, 0.1) is 10.5 Å². The maximum absolute atomic E-state index is 12.8. The summed E-state index contributed by atoms with van der Waals surface area (Å²) in [4.78, 5) is 23.5. The average molecular weight is 449 g/mol. The molecule has 0 saturated carbocycles. The minimum Gasteiger partial charge on any atom is -0.368 e. The highest BCUT2D eigenvalue weighted by Gasteiger charge is 2.50.